The number of anilines is 1. The predicted octanol–water partition coefficient (Wildman–Crippen LogP) is 2.96. The minimum Gasteiger partial charge on any atom is -0.477 e. The molecule has 2 aliphatic heterocycles. The highest BCUT2D eigenvalue weighted by Crippen LogP contribution is 2.36. The van der Waals surface area contributed by atoms with Crippen molar-refractivity contribution in [3.8, 4) is 11.5 Å². The van der Waals surface area contributed by atoms with Gasteiger partial charge in [0.05, 0.1) is 5.52 Å². The van der Waals surface area contributed by atoms with E-state index in [4.69, 9.17) is 4.74 Å². The van der Waals surface area contributed by atoms with E-state index in [1.165, 1.54) is 6.42 Å². The molecule has 2 unspecified atom stereocenters. The summed E-state index contributed by atoms with van der Waals surface area (Å²) in [6.45, 7) is 2.06. The van der Waals surface area contributed by atoms with Crippen LogP contribution in [0.15, 0.2) is 42.6 Å². The molecule has 2 aromatic heterocycles. The largest absolute Gasteiger partial charge is 0.477 e. The molecule has 5 rings (SSSR count). The summed E-state index contributed by atoms with van der Waals surface area (Å²) in [6, 6.07) is 12.2. The van der Waals surface area contributed by atoms with Crippen LogP contribution in [-0.4, -0.2) is 57.7 Å². The maximum absolute atomic E-state index is 11.5. The number of carbonyl (C=O) groups is 1. The number of fused-ring (bicyclic) bond motifs is 3. The van der Waals surface area contributed by atoms with Crippen LogP contribution < -0.4 is 9.64 Å². The lowest BCUT2D eigenvalue weighted by Crippen LogP contribution is -2.44. The van der Waals surface area contributed by atoms with Crippen LogP contribution in [0.1, 0.15) is 16.9 Å². The van der Waals surface area contributed by atoms with Gasteiger partial charge in [-0.2, -0.15) is 0 Å². The number of nitrogens with zero attached hydrogens (tertiary/aromatic N) is 4. The van der Waals surface area contributed by atoms with E-state index in [0.717, 1.165) is 29.8 Å². The molecule has 2 atom stereocenters. The number of para-hydroxylation sites is 1. The van der Waals surface area contributed by atoms with Gasteiger partial charge >= 0.3 is 5.97 Å². The van der Waals surface area contributed by atoms with Crippen LogP contribution >= 0.6 is 0 Å². The standard InChI is InChI=1S/C21H22N4O3/c1-23-11-15-9-14(23)12-25(15)19-10-16(6-7-22-19)28-18-5-3-4-13-8-17(21(26)27)24(2)20(13)18/h3-8,10,14-15H,9,11-12H2,1-2H3,(H,26,27). The second-order valence-electron chi connectivity index (χ2n) is 7.67. The Hall–Kier alpha value is -3.06. The summed E-state index contributed by atoms with van der Waals surface area (Å²) in [5.41, 5.74) is 0.999. The second-order valence-corrected chi connectivity index (χ2v) is 7.67. The Labute approximate surface area is 162 Å². The van der Waals surface area contributed by atoms with Gasteiger partial charge in [-0.1, -0.05) is 12.1 Å². The molecule has 0 amide bonds. The molecule has 1 N–H and O–H groups in total. The Balaban J connectivity index is 1.47. The highest BCUT2D eigenvalue weighted by atomic mass is 16.5. The number of piperazine rings is 1. The van der Waals surface area contributed by atoms with Gasteiger partial charge < -0.3 is 19.3 Å². The average Bonchev–Trinajstić information content (AvgIpc) is 3.34. The van der Waals surface area contributed by atoms with Gasteiger partial charge in [-0.25, -0.2) is 9.78 Å². The third kappa shape index (κ3) is 2.62. The molecule has 7 heteroatoms. The number of carboxylic acids is 1. The molecule has 144 valence electrons. The molecular weight excluding hydrogens is 356 g/mol. The fourth-order valence-electron chi connectivity index (χ4n) is 4.56. The highest BCUT2D eigenvalue weighted by Gasteiger charge is 2.41. The van der Waals surface area contributed by atoms with Crippen molar-refractivity contribution < 1.29 is 14.6 Å². The van der Waals surface area contributed by atoms with Gasteiger partial charge in [0.1, 0.15) is 17.3 Å². The van der Waals surface area contributed by atoms with Crippen LogP contribution in [0, 0.1) is 0 Å². The monoisotopic (exact) mass is 378 g/mol. The van der Waals surface area contributed by atoms with Crippen LogP contribution in [0.2, 0.25) is 0 Å². The maximum Gasteiger partial charge on any atom is 0.352 e. The molecule has 3 aromatic rings. The van der Waals surface area contributed by atoms with Gasteiger partial charge in [0.15, 0.2) is 5.75 Å². The van der Waals surface area contributed by atoms with Crippen LogP contribution in [0.5, 0.6) is 11.5 Å². The first-order chi connectivity index (χ1) is 13.5. The average molecular weight is 378 g/mol. The minimum absolute atomic E-state index is 0.235. The minimum atomic E-state index is -0.954. The predicted molar refractivity (Wildman–Crippen MR) is 106 cm³/mol. The van der Waals surface area contributed by atoms with Crippen LogP contribution in [-0.2, 0) is 7.05 Å². The summed E-state index contributed by atoms with van der Waals surface area (Å²) in [7, 11) is 3.93. The van der Waals surface area contributed by atoms with Crippen molar-refractivity contribution in [3.05, 3.63) is 48.3 Å². The summed E-state index contributed by atoms with van der Waals surface area (Å²) < 4.78 is 7.83. The van der Waals surface area contributed by atoms with Crippen molar-refractivity contribution in [1.29, 1.82) is 0 Å². The third-order valence-electron chi connectivity index (χ3n) is 5.99. The molecule has 2 fully saturated rings. The Morgan fingerprint density at radius 1 is 1.18 bits per heavy atom. The summed E-state index contributed by atoms with van der Waals surface area (Å²) in [4.78, 5) is 20.8. The van der Waals surface area contributed by atoms with E-state index >= 15 is 0 Å². The zero-order valence-electron chi connectivity index (χ0n) is 15.9. The molecule has 0 aliphatic carbocycles. The first kappa shape index (κ1) is 17.1. The van der Waals surface area contributed by atoms with E-state index < -0.39 is 5.97 Å². The van der Waals surface area contributed by atoms with Crippen molar-refractivity contribution in [1.82, 2.24) is 14.5 Å². The van der Waals surface area contributed by atoms with Gasteiger partial charge in [-0.3, -0.25) is 4.90 Å². The topological polar surface area (TPSA) is 70.8 Å². The smallest absolute Gasteiger partial charge is 0.352 e. The molecule has 0 spiro atoms. The molecular formula is C21H22N4O3. The number of likely N-dealkylation sites (N-methyl/N-ethyl adjacent to an activating group) is 1. The normalized spacial score (nSPS) is 21.6. The van der Waals surface area contributed by atoms with Gasteiger partial charge in [-0.05, 0) is 31.7 Å². The lowest BCUT2D eigenvalue weighted by Gasteiger charge is -2.32. The lowest BCUT2D eigenvalue weighted by atomic mass is 10.2. The molecule has 2 saturated heterocycles. The Kier molecular flexibility index (Phi) is 3.80. The maximum atomic E-state index is 11.5. The van der Waals surface area contributed by atoms with E-state index in [0.29, 0.717) is 23.6 Å². The number of aromatic carboxylic acids is 1. The summed E-state index contributed by atoms with van der Waals surface area (Å²) in [5, 5.41) is 10.2. The molecule has 0 radical (unpaired) electrons. The zero-order chi connectivity index (χ0) is 19.4. The Morgan fingerprint density at radius 3 is 2.75 bits per heavy atom. The second kappa shape index (κ2) is 6.24. The number of benzene rings is 1. The zero-order valence-corrected chi connectivity index (χ0v) is 15.9. The van der Waals surface area contributed by atoms with Gasteiger partial charge in [0.2, 0.25) is 0 Å². The van der Waals surface area contributed by atoms with Crippen molar-refractivity contribution in [2.24, 2.45) is 7.05 Å². The third-order valence-corrected chi connectivity index (χ3v) is 5.99. The number of aryl methyl sites for hydroxylation is 1. The van der Waals surface area contributed by atoms with Gasteiger partial charge in [0.25, 0.3) is 0 Å². The molecule has 28 heavy (non-hydrogen) atoms. The number of aromatic nitrogens is 2. The van der Waals surface area contributed by atoms with Gasteiger partial charge in [-0.15, -0.1) is 0 Å². The number of hydrogen-bond donors (Lipinski definition) is 1. The van der Waals surface area contributed by atoms with Crippen LogP contribution in [0.25, 0.3) is 10.9 Å². The quantitative estimate of drug-likeness (QED) is 0.753. The van der Waals surface area contributed by atoms with Crippen molar-refractivity contribution in [2.75, 3.05) is 25.0 Å². The summed E-state index contributed by atoms with van der Waals surface area (Å²) >= 11 is 0. The molecule has 7 nitrogen and oxygen atoms in total. The highest BCUT2D eigenvalue weighted by molar-refractivity contribution is 5.96. The Bertz CT molecular complexity index is 1070. The van der Waals surface area contributed by atoms with Crippen molar-refractivity contribution in [2.45, 2.75) is 18.5 Å². The van der Waals surface area contributed by atoms with E-state index in [-0.39, 0.29) is 5.69 Å². The fourth-order valence-corrected chi connectivity index (χ4v) is 4.56. The number of carboxylic acid groups (broad SMARTS) is 1. The van der Waals surface area contributed by atoms with Gasteiger partial charge in [0, 0.05) is 49.9 Å². The fraction of sp³-hybridized carbons (Fsp3) is 0.333. The van der Waals surface area contributed by atoms with E-state index in [1.807, 2.05) is 30.3 Å². The van der Waals surface area contributed by atoms with E-state index in [2.05, 4.69) is 21.8 Å². The number of hydrogen-bond acceptors (Lipinski definition) is 5. The summed E-state index contributed by atoms with van der Waals surface area (Å²) in [6.07, 6.45) is 2.96. The van der Waals surface area contributed by atoms with E-state index in [9.17, 15) is 9.90 Å². The van der Waals surface area contributed by atoms with E-state index in [1.54, 1.807) is 23.9 Å². The molecule has 0 saturated carbocycles. The molecule has 2 aliphatic rings. The SMILES string of the molecule is CN1CC2CC1CN2c1cc(Oc2cccc3cc(C(=O)O)n(C)c23)ccn1. The number of likely N-dealkylation sites (tertiary alicyclic amines) is 1. The first-order valence-electron chi connectivity index (χ1n) is 9.44. The molecule has 2 bridgehead atoms. The first-order valence-corrected chi connectivity index (χ1v) is 9.44. The number of pyridine rings is 1. The molecule has 1 aromatic carbocycles. The van der Waals surface area contributed by atoms with Crippen molar-refractivity contribution in [3.63, 3.8) is 0 Å². The lowest BCUT2D eigenvalue weighted by molar-refractivity contribution is 0.0687. The van der Waals surface area contributed by atoms with Crippen LogP contribution in [0.3, 0.4) is 0 Å². The Morgan fingerprint density at radius 2 is 2.04 bits per heavy atom. The number of ether oxygens (including phenoxy) is 1. The summed E-state index contributed by atoms with van der Waals surface area (Å²) in [5.74, 6) is 1.31. The van der Waals surface area contributed by atoms with Crippen molar-refractivity contribution >= 4 is 22.7 Å². The number of rotatable bonds is 4. The van der Waals surface area contributed by atoms with Crippen LogP contribution in [0.4, 0.5) is 5.82 Å². The molecule has 4 heterocycles.